The van der Waals surface area contributed by atoms with E-state index in [0.29, 0.717) is 12.6 Å². The summed E-state index contributed by atoms with van der Waals surface area (Å²) in [4.78, 5) is 2.17. The van der Waals surface area contributed by atoms with Gasteiger partial charge < -0.3 is 10.6 Å². The fourth-order valence-electron chi connectivity index (χ4n) is 1.85. The Bertz CT molecular complexity index is 382. The first-order chi connectivity index (χ1) is 7.77. The minimum absolute atomic E-state index is 0.162. The Kier molecular flexibility index (Phi) is 4.15. The maximum absolute atomic E-state index is 13.2. The first-order valence-corrected chi connectivity index (χ1v) is 5.98. The molecule has 1 aromatic rings. The third-order valence-electron chi connectivity index (χ3n) is 3.48. The van der Waals surface area contributed by atoms with Crippen LogP contribution in [0.2, 0.25) is 0 Å². The highest BCUT2D eigenvalue weighted by Crippen LogP contribution is 2.29. The number of hydrogen-bond donors (Lipinski definition) is 1. The Morgan fingerprint density at radius 3 is 2.41 bits per heavy atom. The summed E-state index contributed by atoms with van der Waals surface area (Å²) in [5.41, 5.74) is 7.70. The van der Waals surface area contributed by atoms with Crippen molar-refractivity contribution in [3.05, 3.63) is 29.6 Å². The van der Waals surface area contributed by atoms with Crippen LogP contribution in [-0.4, -0.2) is 13.1 Å². The molecule has 0 fully saturated rings. The van der Waals surface area contributed by atoms with Crippen LogP contribution in [0.3, 0.4) is 0 Å². The van der Waals surface area contributed by atoms with Crippen LogP contribution < -0.4 is 10.6 Å². The SMILES string of the molecule is CC(N(C)c1ccc(F)cc1CN)C(C)(C)C. The van der Waals surface area contributed by atoms with Gasteiger partial charge in [0.1, 0.15) is 5.82 Å². The summed E-state index contributed by atoms with van der Waals surface area (Å²) in [6.07, 6.45) is 0. The van der Waals surface area contributed by atoms with E-state index in [4.69, 9.17) is 5.73 Å². The molecule has 2 nitrogen and oxygen atoms in total. The second-order valence-electron chi connectivity index (χ2n) is 5.63. The van der Waals surface area contributed by atoms with Crippen LogP contribution in [0, 0.1) is 11.2 Å². The number of anilines is 1. The normalized spacial score (nSPS) is 13.6. The Hall–Kier alpha value is -1.09. The lowest BCUT2D eigenvalue weighted by Gasteiger charge is -2.37. The van der Waals surface area contributed by atoms with Gasteiger partial charge in [0.15, 0.2) is 0 Å². The lowest BCUT2D eigenvalue weighted by atomic mass is 9.86. The zero-order valence-corrected chi connectivity index (χ0v) is 11.4. The van der Waals surface area contributed by atoms with Gasteiger partial charge in [0.2, 0.25) is 0 Å². The van der Waals surface area contributed by atoms with Gasteiger partial charge in [-0.05, 0) is 36.1 Å². The van der Waals surface area contributed by atoms with E-state index < -0.39 is 0 Å². The van der Waals surface area contributed by atoms with Crippen molar-refractivity contribution < 1.29 is 4.39 Å². The number of hydrogen-bond acceptors (Lipinski definition) is 2. The molecule has 0 bridgehead atoms. The average Bonchev–Trinajstić information content (AvgIpc) is 2.25. The van der Waals surface area contributed by atoms with E-state index >= 15 is 0 Å². The summed E-state index contributed by atoms with van der Waals surface area (Å²) in [6, 6.07) is 5.15. The van der Waals surface area contributed by atoms with Crippen molar-refractivity contribution in [1.82, 2.24) is 0 Å². The van der Waals surface area contributed by atoms with Gasteiger partial charge >= 0.3 is 0 Å². The van der Waals surface area contributed by atoms with Crippen LogP contribution in [0.1, 0.15) is 33.3 Å². The van der Waals surface area contributed by atoms with Crippen molar-refractivity contribution in [3.63, 3.8) is 0 Å². The zero-order chi connectivity index (χ0) is 13.2. The summed E-state index contributed by atoms with van der Waals surface area (Å²) >= 11 is 0. The van der Waals surface area contributed by atoms with E-state index in [2.05, 4.69) is 32.6 Å². The largest absolute Gasteiger partial charge is 0.371 e. The highest BCUT2D eigenvalue weighted by Gasteiger charge is 2.25. The average molecular weight is 238 g/mol. The molecular formula is C14H23FN2. The fourth-order valence-corrected chi connectivity index (χ4v) is 1.85. The number of nitrogens with two attached hydrogens (primary N) is 1. The Morgan fingerprint density at radius 2 is 1.94 bits per heavy atom. The van der Waals surface area contributed by atoms with Crippen molar-refractivity contribution >= 4 is 5.69 Å². The summed E-state index contributed by atoms with van der Waals surface area (Å²) < 4.78 is 13.2. The van der Waals surface area contributed by atoms with Crippen LogP contribution in [0.25, 0.3) is 0 Å². The van der Waals surface area contributed by atoms with E-state index in [1.54, 1.807) is 6.07 Å². The highest BCUT2D eigenvalue weighted by molar-refractivity contribution is 5.54. The molecule has 0 saturated carbocycles. The van der Waals surface area contributed by atoms with E-state index in [1.807, 2.05) is 7.05 Å². The molecule has 0 radical (unpaired) electrons. The maximum Gasteiger partial charge on any atom is 0.123 e. The molecule has 96 valence electrons. The Morgan fingerprint density at radius 1 is 1.35 bits per heavy atom. The lowest BCUT2D eigenvalue weighted by Crippen LogP contribution is -2.40. The van der Waals surface area contributed by atoms with Crippen molar-refractivity contribution in [2.75, 3.05) is 11.9 Å². The summed E-state index contributed by atoms with van der Waals surface area (Å²) in [6.45, 7) is 9.11. The van der Waals surface area contributed by atoms with Crippen molar-refractivity contribution in [3.8, 4) is 0 Å². The minimum Gasteiger partial charge on any atom is -0.371 e. The second kappa shape index (κ2) is 5.05. The van der Waals surface area contributed by atoms with E-state index in [9.17, 15) is 4.39 Å². The molecule has 0 heterocycles. The second-order valence-corrected chi connectivity index (χ2v) is 5.63. The predicted octanol–water partition coefficient (Wildman–Crippen LogP) is 3.16. The predicted molar refractivity (Wildman–Crippen MR) is 71.6 cm³/mol. The van der Waals surface area contributed by atoms with Crippen LogP contribution in [0.15, 0.2) is 18.2 Å². The standard InChI is InChI=1S/C14H23FN2/c1-10(14(2,3)4)17(5)13-7-6-12(15)8-11(13)9-16/h6-8,10H,9,16H2,1-5H3. The number of nitrogens with zero attached hydrogens (tertiary/aromatic N) is 1. The summed E-state index contributed by atoms with van der Waals surface area (Å²) in [5, 5.41) is 0. The van der Waals surface area contributed by atoms with Gasteiger partial charge in [-0.3, -0.25) is 0 Å². The molecule has 0 aliphatic heterocycles. The third kappa shape index (κ3) is 3.19. The fraction of sp³-hybridized carbons (Fsp3) is 0.571. The van der Waals surface area contributed by atoms with Crippen LogP contribution in [-0.2, 0) is 6.54 Å². The molecule has 0 aliphatic rings. The molecule has 1 atom stereocenters. The molecular weight excluding hydrogens is 215 g/mol. The van der Waals surface area contributed by atoms with Crippen molar-refractivity contribution in [2.45, 2.75) is 40.3 Å². The number of halogens is 1. The van der Waals surface area contributed by atoms with Crippen molar-refractivity contribution in [1.29, 1.82) is 0 Å². The van der Waals surface area contributed by atoms with Gasteiger partial charge in [0, 0.05) is 25.3 Å². The Balaban J connectivity index is 3.08. The molecule has 0 spiro atoms. The number of rotatable bonds is 3. The van der Waals surface area contributed by atoms with Gasteiger partial charge in [0.05, 0.1) is 0 Å². The quantitative estimate of drug-likeness (QED) is 0.876. The smallest absolute Gasteiger partial charge is 0.123 e. The molecule has 17 heavy (non-hydrogen) atoms. The third-order valence-corrected chi connectivity index (χ3v) is 3.48. The summed E-state index contributed by atoms with van der Waals surface area (Å²) in [7, 11) is 2.03. The Labute approximate surface area is 104 Å². The monoisotopic (exact) mass is 238 g/mol. The lowest BCUT2D eigenvalue weighted by molar-refractivity contribution is 0.329. The topological polar surface area (TPSA) is 29.3 Å². The van der Waals surface area contributed by atoms with Gasteiger partial charge in [0.25, 0.3) is 0 Å². The molecule has 1 aromatic carbocycles. The van der Waals surface area contributed by atoms with E-state index in [-0.39, 0.29) is 11.2 Å². The highest BCUT2D eigenvalue weighted by atomic mass is 19.1. The first-order valence-electron chi connectivity index (χ1n) is 5.98. The van der Waals surface area contributed by atoms with Crippen LogP contribution in [0.4, 0.5) is 10.1 Å². The van der Waals surface area contributed by atoms with E-state index in [0.717, 1.165) is 11.3 Å². The van der Waals surface area contributed by atoms with Crippen LogP contribution in [0.5, 0.6) is 0 Å². The first kappa shape index (κ1) is 14.0. The molecule has 0 aliphatic carbocycles. The molecule has 3 heteroatoms. The maximum atomic E-state index is 13.2. The molecule has 1 unspecified atom stereocenters. The summed E-state index contributed by atoms with van der Waals surface area (Å²) in [5.74, 6) is -0.231. The van der Waals surface area contributed by atoms with Gasteiger partial charge in [-0.15, -0.1) is 0 Å². The van der Waals surface area contributed by atoms with Crippen LogP contribution >= 0.6 is 0 Å². The van der Waals surface area contributed by atoms with Gasteiger partial charge in [-0.2, -0.15) is 0 Å². The molecule has 1 rings (SSSR count). The van der Waals surface area contributed by atoms with Gasteiger partial charge in [-0.25, -0.2) is 4.39 Å². The molecule has 0 saturated heterocycles. The van der Waals surface area contributed by atoms with Crippen molar-refractivity contribution in [2.24, 2.45) is 11.1 Å². The number of benzene rings is 1. The minimum atomic E-state index is -0.231. The van der Waals surface area contributed by atoms with Gasteiger partial charge in [-0.1, -0.05) is 20.8 Å². The molecule has 0 aromatic heterocycles. The zero-order valence-electron chi connectivity index (χ0n) is 11.4. The van der Waals surface area contributed by atoms with E-state index in [1.165, 1.54) is 12.1 Å². The molecule has 0 amide bonds. The molecule has 2 N–H and O–H groups in total.